The SMILES string of the molecule is CC1=C2C[C@H]3[C@@H](CC[C@@H]4CC(NS(C)(=O)=O)CC[C@@]43C)[C@@H]2CC[C@@]2(C1)O[C@@H]1C[C@H](C)CN(C)[C@H]1[C@H]2C. The summed E-state index contributed by atoms with van der Waals surface area (Å²) in [5.41, 5.74) is 3.84. The number of hydrogen-bond donors (Lipinski definition) is 1. The van der Waals surface area contributed by atoms with E-state index in [1.54, 1.807) is 11.1 Å². The Hall–Kier alpha value is -0.430. The van der Waals surface area contributed by atoms with Crippen LogP contribution in [0.1, 0.15) is 91.9 Å². The lowest BCUT2D eigenvalue weighted by Gasteiger charge is -2.54. The number of allylic oxidation sites excluding steroid dienone is 1. The van der Waals surface area contributed by atoms with Crippen LogP contribution < -0.4 is 4.72 Å². The van der Waals surface area contributed by atoms with Crippen LogP contribution in [0.2, 0.25) is 0 Å². The maximum Gasteiger partial charge on any atom is 0.208 e. The standard InChI is InChI=1S/C30H50N2O3S/c1-18-13-27-28(32(5)17-18)20(3)30(35-27)12-10-23-24-8-7-21-14-22(31-36(6,33)34)9-11-29(21,4)26(24)15-25(23)19(2)16-30/h18,20-24,26-28,31H,7-17H2,1-6H3/t18-,20+,21+,22?,23-,24-,26-,27+,28-,29-,30-/m0/s1. The van der Waals surface area contributed by atoms with Crippen molar-refractivity contribution in [1.29, 1.82) is 0 Å². The van der Waals surface area contributed by atoms with E-state index in [-0.39, 0.29) is 11.6 Å². The minimum atomic E-state index is -3.13. The third-order valence-electron chi connectivity index (χ3n) is 12.4. The monoisotopic (exact) mass is 518 g/mol. The van der Waals surface area contributed by atoms with E-state index in [0.717, 1.165) is 42.9 Å². The number of ether oxygens (including phenoxy) is 1. The van der Waals surface area contributed by atoms with Crippen LogP contribution in [0.5, 0.6) is 0 Å². The summed E-state index contributed by atoms with van der Waals surface area (Å²) >= 11 is 0. The minimum absolute atomic E-state index is 0.0288. The zero-order valence-corrected chi connectivity index (χ0v) is 24.4. The van der Waals surface area contributed by atoms with Gasteiger partial charge in [0.25, 0.3) is 0 Å². The Kier molecular flexibility index (Phi) is 6.31. The van der Waals surface area contributed by atoms with Crippen molar-refractivity contribution >= 4 is 10.0 Å². The molecule has 0 radical (unpaired) electrons. The molecule has 11 atom stereocenters. The van der Waals surface area contributed by atoms with E-state index in [1.165, 1.54) is 57.7 Å². The highest BCUT2D eigenvalue weighted by molar-refractivity contribution is 7.88. The molecule has 0 aromatic rings. The van der Waals surface area contributed by atoms with Crippen LogP contribution in [0.3, 0.4) is 0 Å². The molecule has 2 heterocycles. The van der Waals surface area contributed by atoms with Crippen molar-refractivity contribution in [3.05, 3.63) is 11.1 Å². The highest BCUT2D eigenvalue weighted by Crippen LogP contribution is 2.65. The molecule has 5 nitrogen and oxygen atoms in total. The molecular formula is C30H50N2O3S. The second kappa shape index (κ2) is 8.79. The van der Waals surface area contributed by atoms with Gasteiger partial charge in [-0.3, -0.25) is 0 Å². The van der Waals surface area contributed by atoms with Gasteiger partial charge in [-0.2, -0.15) is 0 Å². The first kappa shape index (κ1) is 25.8. The van der Waals surface area contributed by atoms with Gasteiger partial charge in [0.05, 0.1) is 18.0 Å². The molecule has 0 aromatic carbocycles. The zero-order valence-electron chi connectivity index (χ0n) is 23.6. The number of sulfonamides is 1. The van der Waals surface area contributed by atoms with Crippen molar-refractivity contribution in [2.24, 2.45) is 40.9 Å². The number of hydrogen-bond acceptors (Lipinski definition) is 4. The number of likely N-dealkylation sites (tertiary alicyclic amines) is 1. The molecule has 36 heavy (non-hydrogen) atoms. The lowest BCUT2D eigenvalue weighted by Crippen LogP contribution is -2.50. The van der Waals surface area contributed by atoms with E-state index in [9.17, 15) is 8.42 Å². The van der Waals surface area contributed by atoms with Gasteiger partial charge in [0, 0.05) is 24.5 Å². The van der Waals surface area contributed by atoms with Gasteiger partial charge in [-0.25, -0.2) is 13.1 Å². The van der Waals surface area contributed by atoms with Gasteiger partial charge in [0.15, 0.2) is 0 Å². The van der Waals surface area contributed by atoms with Crippen LogP contribution in [0, 0.1) is 40.9 Å². The van der Waals surface area contributed by atoms with Gasteiger partial charge >= 0.3 is 0 Å². The number of likely N-dealkylation sites (N-methyl/N-ethyl adjacent to an activating group) is 1. The summed E-state index contributed by atoms with van der Waals surface area (Å²) in [6.07, 6.45) is 13.7. The van der Waals surface area contributed by atoms with E-state index in [4.69, 9.17) is 4.74 Å². The molecule has 0 aromatic heterocycles. The van der Waals surface area contributed by atoms with Crippen molar-refractivity contribution in [3.8, 4) is 0 Å². The van der Waals surface area contributed by atoms with Crippen molar-refractivity contribution < 1.29 is 13.2 Å². The summed E-state index contributed by atoms with van der Waals surface area (Å²) in [5.74, 6) is 4.30. The topological polar surface area (TPSA) is 58.6 Å². The highest BCUT2D eigenvalue weighted by Gasteiger charge is 2.60. The molecule has 204 valence electrons. The highest BCUT2D eigenvalue weighted by atomic mass is 32.2. The second-order valence-electron chi connectivity index (χ2n) is 14.5. The predicted octanol–water partition coefficient (Wildman–Crippen LogP) is 5.37. The van der Waals surface area contributed by atoms with Crippen molar-refractivity contribution in [2.75, 3.05) is 19.8 Å². The molecule has 2 aliphatic heterocycles. The fraction of sp³-hybridized carbons (Fsp3) is 0.933. The Morgan fingerprint density at radius 2 is 1.86 bits per heavy atom. The molecule has 6 rings (SSSR count). The van der Waals surface area contributed by atoms with Crippen LogP contribution in [0.15, 0.2) is 11.1 Å². The Labute approximate surface area is 220 Å². The van der Waals surface area contributed by atoms with Gasteiger partial charge in [-0.05, 0) is 113 Å². The summed E-state index contributed by atoms with van der Waals surface area (Å²) in [4.78, 5) is 2.61. The van der Waals surface area contributed by atoms with Gasteiger partial charge in [-0.15, -0.1) is 0 Å². The summed E-state index contributed by atoms with van der Waals surface area (Å²) in [7, 11) is -0.804. The third-order valence-corrected chi connectivity index (χ3v) is 13.1. The van der Waals surface area contributed by atoms with Crippen LogP contribution in [0.4, 0.5) is 0 Å². The molecule has 3 saturated carbocycles. The number of nitrogens with zero attached hydrogens (tertiary/aromatic N) is 1. The molecule has 0 bridgehead atoms. The molecule has 6 heteroatoms. The number of piperidine rings is 1. The van der Waals surface area contributed by atoms with Crippen LogP contribution in [-0.4, -0.2) is 57.0 Å². The minimum Gasteiger partial charge on any atom is -0.369 e. The Morgan fingerprint density at radius 3 is 2.61 bits per heavy atom. The second-order valence-corrected chi connectivity index (χ2v) is 16.3. The van der Waals surface area contributed by atoms with E-state index in [0.29, 0.717) is 29.4 Å². The average Bonchev–Trinajstić information content (AvgIpc) is 3.23. The Balaban J connectivity index is 1.23. The lowest BCUT2D eigenvalue weighted by molar-refractivity contribution is -0.0796. The maximum absolute atomic E-state index is 11.9. The average molecular weight is 519 g/mol. The van der Waals surface area contributed by atoms with Gasteiger partial charge in [0.1, 0.15) is 0 Å². The molecular weight excluding hydrogens is 468 g/mol. The molecule has 1 N–H and O–H groups in total. The summed E-state index contributed by atoms with van der Waals surface area (Å²) in [6.45, 7) is 11.1. The molecule has 2 saturated heterocycles. The maximum atomic E-state index is 11.9. The Bertz CT molecular complexity index is 1030. The van der Waals surface area contributed by atoms with E-state index in [1.807, 2.05) is 0 Å². The first-order chi connectivity index (χ1) is 16.9. The zero-order chi connectivity index (χ0) is 25.6. The fourth-order valence-corrected chi connectivity index (χ4v) is 11.6. The molecule has 4 aliphatic carbocycles. The lowest BCUT2D eigenvalue weighted by atomic mass is 9.52. The summed E-state index contributed by atoms with van der Waals surface area (Å²) < 4.78 is 33.8. The molecule has 5 fully saturated rings. The summed E-state index contributed by atoms with van der Waals surface area (Å²) in [6, 6.07) is 0.711. The smallest absolute Gasteiger partial charge is 0.208 e. The quantitative estimate of drug-likeness (QED) is 0.499. The summed E-state index contributed by atoms with van der Waals surface area (Å²) in [5, 5.41) is 0. The molecule has 1 spiro atoms. The molecule has 6 aliphatic rings. The van der Waals surface area contributed by atoms with E-state index < -0.39 is 10.0 Å². The van der Waals surface area contributed by atoms with Crippen LogP contribution in [-0.2, 0) is 14.8 Å². The molecule has 0 amide bonds. The van der Waals surface area contributed by atoms with Crippen molar-refractivity contribution in [2.45, 2.75) is 116 Å². The van der Waals surface area contributed by atoms with E-state index in [2.05, 4.69) is 44.4 Å². The van der Waals surface area contributed by atoms with Gasteiger partial charge in [0.2, 0.25) is 10.0 Å². The largest absolute Gasteiger partial charge is 0.369 e. The van der Waals surface area contributed by atoms with Crippen LogP contribution >= 0.6 is 0 Å². The first-order valence-corrected chi connectivity index (χ1v) is 16.8. The first-order valence-electron chi connectivity index (χ1n) is 14.9. The van der Waals surface area contributed by atoms with E-state index >= 15 is 0 Å². The van der Waals surface area contributed by atoms with Gasteiger partial charge < -0.3 is 9.64 Å². The number of rotatable bonds is 2. The fourth-order valence-electron chi connectivity index (χ4n) is 10.8. The van der Waals surface area contributed by atoms with Crippen molar-refractivity contribution in [1.82, 2.24) is 9.62 Å². The molecule has 1 unspecified atom stereocenters. The number of fused-ring (bicyclic) bond motifs is 6. The third kappa shape index (κ3) is 4.07. The number of nitrogens with one attached hydrogen (secondary N) is 1. The predicted molar refractivity (Wildman–Crippen MR) is 145 cm³/mol. The van der Waals surface area contributed by atoms with Crippen LogP contribution in [0.25, 0.3) is 0 Å². The van der Waals surface area contributed by atoms with Gasteiger partial charge in [-0.1, -0.05) is 31.9 Å². The Morgan fingerprint density at radius 1 is 1.08 bits per heavy atom. The normalized spacial score (nSPS) is 51.4. The van der Waals surface area contributed by atoms with Crippen molar-refractivity contribution in [3.63, 3.8) is 0 Å².